The molecule has 0 fully saturated rings. The first-order chi connectivity index (χ1) is 9.09. The quantitative estimate of drug-likeness (QED) is 0.907. The van der Waals surface area contributed by atoms with Crippen molar-refractivity contribution >= 4 is 34.9 Å². The summed E-state index contributed by atoms with van der Waals surface area (Å²) in [4.78, 5) is 18.6. The minimum atomic E-state index is -1.08. The largest absolute Gasteiger partial charge is 0.478 e. The van der Waals surface area contributed by atoms with Gasteiger partial charge in [0.25, 0.3) is 0 Å². The van der Waals surface area contributed by atoms with Gasteiger partial charge < -0.3 is 10.4 Å². The average Bonchev–Trinajstić information content (AvgIpc) is 2.38. The number of carboxylic acid groups (broad SMARTS) is 1. The van der Waals surface area contributed by atoms with Crippen molar-refractivity contribution in [2.24, 2.45) is 0 Å². The minimum Gasteiger partial charge on any atom is -0.478 e. The second-order valence-electron chi connectivity index (χ2n) is 3.64. The zero-order valence-corrected chi connectivity index (χ0v) is 11.1. The number of para-hydroxylation sites is 1. The summed E-state index contributed by atoms with van der Waals surface area (Å²) >= 11 is 12.0. The molecule has 19 heavy (non-hydrogen) atoms. The molecule has 0 radical (unpaired) electrons. The fraction of sp³-hybridized carbons (Fsp3) is 0.0833. The first-order valence-corrected chi connectivity index (χ1v) is 6.05. The normalized spacial score (nSPS) is 10.2. The summed E-state index contributed by atoms with van der Waals surface area (Å²) in [6, 6.07) is 5.10. The van der Waals surface area contributed by atoms with Crippen LogP contribution in [-0.2, 0) is 6.54 Å². The highest BCUT2D eigenvalue weighted by Gasteiger charge is 2.12. The topological polar surface area (TPSA) is 75.1 Å². The monoisotopic (exact) mass is 297 g/mol. The van der Waals surface area contributed by atoms with Crippen LogP contribution in [0.1, 0.15) is 16.1 Å². The summed E-state index contributed by atoms with van der Waals surface area (Å²) in [6.45, 7) is 0.188. The van der Waals surface area contributed by atoms with E-state index < -0.39 is 5.97 Å². The molecule has 0 unspecified atom stereocenters. The predicted octanol–water partition coefficient (Wildman–Crippen LogP) is 3.09. The molecular weight excluding hydrogens is 289 g/mol. The lowest BCUT2D eigenvalue weighted by molar-refractivity contribution is 0.0694. The van der Waals surface area contributed by atoms with Crippen molar-refractivity contribution in [3.63, 3.8) is 0 Å². The Morgan fingerprint density at radius 3 is 2.63 bits per heavy atom. The van der Waals surface area contributed by atoms with Gasteiger partial charge in [0.15, 0.2) is 0 Å². The molecule has 5 nitrogen and oxygen atoms in total. The summed E-state index contributed by atoms with van der Waals surface area (Å²) in [5, 5.41) is 12.9. The van der Waals surface area contributed by atoms with Crippen LogP contribution in [0.25, 0.3) is 0 Å². The fourth-order valence-electron chi connectivity index (χ4n) is 1.51. The van der Waals surface area contributed by atoms with Gasteiger partial charge in [-0.25, -0.2) is 14.8 Å². The Bertz CT molecular complexity index is 599. The molecule has 98 valence electrons. The van der Waals surface area contributed by atoms with Crippen LogP contribution in [0.4, 0.5) is 5.69 Å². The third-order valence-electron chi connectivity index (χ3n) is 2.42. The number of aromatic nitrogens is 2. The van der Waals surface area contributed by atoms with Crippen LogP contribution >= 0.6 is 23.2 Å². The summed E-state index contributed by atoms with van der Waals surface area (Å²) in [7, 11) is 0. The van der Waals surface area contributed by atoms with E-state index in [1.165, 1.54) is 12.5 Å². The van der Waals surface area contributed by atoms with Gasteiger partial charge in [-0.2, -0.15) is 0 Å². The number of hydrogen-bond acceptors (Lipinski definition) is 4. The number of halogens is 2. The Labute approximate surface area is 119 Å². The van der Waals surface area contributed by atoms with Gasteiger partial charge in [-0.05, 0) is 12.1 Å². The number of carboxylic acids is 1. The maximum absolute atomic E-state index is 11.0. The van der Waals surface area contributed by atoms with Crippen LogP contribution in [0.3, 0.4) is 0 Å². The van der Waals surface area contributed by atoms with Gasteiger partial charge >= 0.3 is 5.97 Å². The summed E-state index contributed by atoms with van der Waals surface area (Å²) in [5.41, 5.74) is 0.942. The summed E-state index contributed by atoms with van der Waals surface area (Å²) in [6.07, 6.45) is 2.54. The Morgan fingerprint density at radius 1 is 1.32 bits per heavy atom. The van der Waals surface area contributed by atoms with Crippen molar-refractivity contribution in [2.75, 3.05) is 5.32 Å². The van der Waals surface area contributed by atoms with Crippen molar-refractivity contribution in [3.05, 3.63) is 52.0 Å². The second kappa shape index (κ2) is 5.86. The van der Waals surface area contributed by atoms with E-state index >= 15 is 0 Å². The van der Waals surface area contributed by atoms with Gasteiger partial charge in [-0.15, -0.1) is 0 Å². The van der Waals surface area contributed by atoms with Crippen LogP contribution in [0.5, 0.6) is 0 Å². The molecule has 0 aliphatic carbocycles. The van der Waals surface area contributed by atoms with Gasteiger partial charge in [0.2, 0.25) is 0 Å². The second-order valence-corrected chi connectivity index (χ2v) is 4.45. The third kappa shape index (κ3) is 3.13. The molecule has 2 aromatic rings. The number of aromatic carboxylic acids is 1. The number of nitrogens with one attached hydrogen (secondary N) is 1. The van der Waals surface area contributed by atoms with Gasteiger partial charge in [0, 0.05) is 6.20 Å². The van der Waals surface area contributed by atoms with Crippen molar-refractivity contribution in [2.45, 2.75) is 6.54 Å². The number of hydrogen-bond donors (Lipinski definition) is 2. The molecule has 0 spiro atoms. The zero-order chi connectivity index (χ0) is 13.8. The molecule has 0 bridgehead atoms. The Kier molecular flexibility index (Phi) is 4.19. The van der Waals surface area contributed by atoms with E-state index in [1.807, 2.05) is 0 Å². The lowest BCUT2D eigenvalue weighted by Crippen LogP contribution is -2.10. The number of benzene rings is 1. The maximum Gasteiger partial charge on any atom is 0.339 e. The van der Waals surface area contributed by atoms with E-state index in [4.69, 9.17) is 28.3 Å². The molecular formula is C12H9Cl2N3O2. The number of carbonyl (C=O) groups is 1. The minimum absolute atomic E-state index is 0.0400. The Hall–Kier alpha value is -1.85. The van der Waals surface area contributed by atoms with Crippen molar-refractivity contribution in [1.82, 2.24) is 9.97 Å². The molecule has 1 aromatic heterocycles. The predicted molar refractivity (Wildman–Crippen MR) is 72.8 cm³/mol. The van der Waals surface area contributed by atoms with E-state index in [0.717, 1.165) is 0 Å². The molecule has 0 saturated heterocycles. The van der Waals surface area contributed by atoms with Crippen LogP contribution in [0, 0.1) is 0 Å². The van der Waals surface area contributed by atoms with E-state index in [9.17, 15) is 4.79 Å². The van der Waals surface area contributed by atoms with Crippen LogP contribution in [0.2, 0.25) is 10.0 Å². The number of anilines is 1. The van der Waals surface area contributed by atoms with Gasteiger partial charge in [0.1, 0.15) is 11.9 Å². The third-order valence-corrected chi connectivity index (χ3v) is 3.05. The molecule has 1 heterocycles. The van der Waals surface area contributed by atoms with E-state index in [0.29, 0.717) is 21.4 Å². The van der Waals surface area contributed by atoms with Crippen molar-refractivity contribution in [1.29, 1.82) is 0 Å². The molecule has 7 heteroatoms. The van der Waals surface area contributed by atoms with Gasteiger partial charge in [-0.1, -0.05) is 29.3 Å². The summed E-state index contributed by atoms with van der Waals surface area (Å²) in [5.74, 6) is -1.08. The van der Waals surface area contributed by atoms with Crippen LogP contribution in [-0.4, -0.2) is 21.0 Å². The van der Waals surface area contributed by atoms with E-state index in [-0.39, 0.29) is 12.1 Å². The van der Waals surface area contributed by atoms with Crippen LogP contribution < -0.4 is 5.32 Å². The highest BCUT2D eigenvalue weighted by atomic mass is 35.5. The smallest absolute Gasteiger partial charge is 0.339 e. The highest BCUT2D eigenvalue weighted by Crippen LogP contribution is 2.30. The number of rotatable bonds is 4. The molecule has 1 aromatic carbocycles. The fourth-order valence-corrected chi connectivity index (χ4v) is 2.04. The number of nitrogens with zero attached hydrogens (tertiary/aromatic N) is 2. The van der Waals surface area contributed by atoms with E-state index in [1.54, 1.807) is 18.2 Å². The first kappa shape index (κ1) is 13.6. The molecule has 0 saturated carbocycles. The van der Waals surface area contributed by atoms with Gasteiger partial charge in [-0.3, -0.25) is 0 Å². The lowest BCUT2D eigenvalue weighted by atomic mass is 10.2. The molecule has 0 atom stereocenters. The summed E-state index contributed by atoms with van der Waals surface area (Å²) < 4.78 is 0. The first-order valence-electron chi connectivity index (χ1n) is 5.29. The zero-order valence-electron chi connectivity index (χ0n) is 9.60. The van der Waals surface area contributed by atoms with Crippen molar-refractivity contribution < 1.29 is 9.90 Å². The maximum atomic E-state index is 11.0. The highest BCUT2D eigenvalue weighted by molar-refractivity contribution is 6.39. The standard InChI is InChI=1S/C12H9Cl2N3O2/c13-8-2-1-3-9(14)11(8)16-5-10-7(12(18)19)4-15-6-17-10/h1-4,6,16H,5H2,(H,18,19). The SMILES string of the molecule is O=C(O)c1cncnc1CNc1c(Cl)cccc1Cl. The lowest BCUT2D eigenvalue weighted by Gasteiger charge is -2.10. The van der Waals surface area contributed by atoms with Gasteiger partial charge in [0.05, 0.1) is 28.0 Å². The molecule has 0 aliphatic rings. The van der Waals surface area contributed by atoms with Crippen molar-refractivity contribution in [3.8, 4) is 0 Å². The molecule has 0 amide bonds. The average molecular weight is 298 g/mol. The Morgan fingerprint density at radius 2 is 2.00 bits per heavy atom. The molecule has 0 aliphatic heterocycles. The molecule has 2 rings (SSSR count). The van der Waals surface area contributed by atoms with E-state index in [2.05, 4.69) is 15.3 Å². The Balaban J connectivity index is 2.22. The van der Waals surface area contributed by atoms with Crippen LogP contribution in [0.15, 0.2) is 30.7 Å². The molecule has 2 N–H and O–H groups in total.